The topological polar surface area (TPSA) is 59.2 Å². The molecule has 2 aromatic carbocycles. The number of nitrogens with zero attached hydrogens (tertiary/aromatic N) is 2. The molecule has 3 aromatic rings. The molecule has 1 aromatic heterocycles. The second-order valence-electron chi connectivity index (χ2n) is 3.98. The lowest BCUT2D eigenvalue weighted by molar-refractivity contribution is 0.432. The minimum absolute atomic E-state index is 0.161. The van der Waals surface area contributed by atoms with Gasteiger partial charge < -0.3 is 9.63 Å². The zero-order valence-corrected chi connectivity index (χ0v) is 9.75. The average Bonchev–Trinajstić information content (AvgIpc) is 2.89. The molecule has 0 fully saturated rings. The molecule has 0 spiro atoms. The zero-order valence-electron chi connectivity index (χ0n) is 9.75. The first-order chi connectivity index (χ1) is 9.22. The third-order valence-electron chi connectivity index (χ3n) is 2.62. The summed E-state index contributed by atoms with van der Waals surface area (Å²) in [6.07, 6.45) is 0. The summed E-state index contributed by atoms with van der Waals surface area (Å²) in [5.41, 5.74) is 1.24. The van der Waals surface area contributed by atoms with Gasteiger partial charge in [-0.25, -0.2) is 4.39 Å². The number of aromatic nitrogens is 2. The summed E-state index contributed by atoms with van der Waals surface area (Å²) in [5.74, 6) is 0.448. The lowest BCUT2D eigenvalue weighted by atomic mass is 10.2. The molecule has 4 nitrogen and oxygen atoms in total. The highest BCUT2D eigenvalue weighted by molar-refractivity contribution is 5.60. The van der Waals surface area contributed by atoms with Gasteiger partial charge in [-0.2, -0.15) is 4.98 Å². The van der Waals surface area contributed by atoms with Gasteiger partial charge in [-0.3, -0.25) is 0 Å². The first-order valence-electron chi connectivity index (χ1n) is 5.61. The Morgan fingerprint density at radius 2 is 1.79 bits per heavy atom. The number of hydrogen-bond donors (Lipinski definition) is 1. The number of halogens is 1. The van der Waals surface area contributed by atoms with Crippen molar-refractivity contribution in [2.24, 2.45) is 0 Å². The van der Waals surface area contributed by atoms with Crippen LogP contribution in [0, 0.1) is 5.82 Å². The molecule has 5 heteroatoms. The van der Waals surface area contributed by atoms with E-state index in [2.05, 4.69) is 10.1 Å². The summed E-state index contributed by atoms with van der Waals surface area (Å²) in [5, 5.41) is 13.0. The third kappa shape index (κ3) is 2.30. The van der Waals surface area contributed by atoms with Gasteiger partial charge in [0.05, 0.1) is 0 Å². The maximum Gasteiger partial charge on any atom is 0.258 e. The van der Waals surface area contributed by atoms with Crippen LogP contribution in [0.2, 0.25) is 0 Å². The lowest BCUT2D eigenvalue weighted by Crippen LogP contribution is -1.82. The molecule has 0 aliphatic rings. The van der Waals surface area contributed by atoms with Crippen LogP contribution < -0.4 is 0 Å². The molecule has 0 aliphatic heterocycles. The average molecular weight is 256 g/mol. The van der Waals surface area contributed by atoms with Gasteiger partial charge in [-0.05, 0) is 36.4 Å². The smallest absolute Gasteiger partial charge is 0.258 e. The summed E-state index contributed by atoms with van der Waals surface area (Å²) < 4.78 is 18.2. The summed E-state index contributed by atoms with van der Waals surface area (Å²) in [6, 6.07) is 12.4. The Hall–Kier alpha value is -2.69. The Kier molecular flexibility index (Phi) is 2.72. The Morgan fingerprint density at radius 1 is 1.00 bits per heavy atom. The molecule has 0 unspecified atom stereocenters. The van der Waals surface area contributed by atoms with E-state index in [9.17, 15) is 9.50 Å². The molecule has 0 amide bonds. The van der Waals surface area contributed by atoms with Crippen molar-refractivity contribution >= 4 is 0 Å². The Balaban J connectivity index is 1.97. The maximum atomic E-state index is 13.1. The van der Waals surface area contributed by atoms with E-state index in [1.54, 1.807) is 24.3 Å². The molecule has 0 bridgehead atoms. The molecular formula is C14H9FN2O2. The molecule has 0 radical (unpaired) electrons. The Labute approximate surface area is 108 Å². The lowest BCUT2D eigenvalue weighted by Gasteiger charge is -1.94. The molecule has 94 valence electrons. The largest absolute Gasteiger partial charge is 0.508 e. The minimum Gasteiger partial charge on any atom is -0.508 e. The molecule has 19 heavy (non-hydrogen) atoms. The van der Waals surface area contributed by atoms with E-state index in [0.717, 1.165) is 0 Å². The highest BCUT2D eigenvalue weighted by Crippen LogP contribution is 2.23. The first-order valence-corrected chi connectivity index (χ1v) is 5.61. The standard InChI is InChI=1S/C14H9FN2O2/c15-11-3-1-2-10(8-11)13-16-14(19-17-13)9-4-6-12(18)7-5-9/h1-8,18H. The number of hydrogen-bond acceptors (Lipinski definition) is 4. The summed E-state index contributed by atoms with van der Waals surface area (Å²) in [6.45, 7) is 0. The summed E-state index contributed by atoms with van der Waals surface area (Å²) >= 11 is 0. The van der Waals surface area contributed by atoms with E-state index in [0.29, 0.717) is 22.8 Å². The SMILES string of the molecule is Oc1ccc(-c2nc(-c3cccc(F)c3)no2)cc1. The van der Waals surface area contributed by atoms with Gasteiger partial charge in [0.25, 0.3) is 5.89 Å². The fraction of sp³-hybridized carbons (Fsp3) is 0. The van der Waals surface area contributed by atoms with Crippen LogP contribution in [-0.2, 0) is 0 Å². The second kappa shape index (κ2) is 4.53. The van der Waals surface area contributed by atoms with E-state index in [1.807, 2.05) is 0 Å². The zero-order chi connectivity index (χ0) is 13.2. The Bertz CT molecular complexity index is 707. The van der Waals surface area contributed by atoms with Crippen LogP contribution >= 0.6 is 0 Å². The van der Waals surface area contributed by atoms with Crippen molar-refractivity contribution < 1.29 is 14.0 Å². The van der Waals surface area contributed by atoms with Gasteiger partial charge in [-0.1, -0.05) is 17.3 Å². The van der Waals surface area contributed by atoms with E-state index >= 15 is 0 Å². The van der Waals surface area contributed by atoms with Crippen LogP contribution in [0.4, 0.5) is 4.39 Å². The Morgan fingerprint density at radius 3 is 2.53 bits per heavy atom. The number of phenols is 1. The van der Waals surface area contributed by atoms with Crippen LogP contribution in [-0.4, -0.2) is 15.2 Å². The van der Waals surface area contributed by atoms with E-state index in [-0.39, 0.29) is 11.6 Å². The highest BCUT2D eigenvalue weighted by Gasteiger charge is 2.10. The maximum absolute atomic E-state index is 13.1. The van der Waals surface area contributed by atoms with Crippen molar-refractivity contribution in [3.05, 3.63) is 54.3 Å². The van der Waals surface area contributed by atoms with Crippen LogP contribution in [0.25, 0.3) is 22.8 Å². The van der Waals surface area contributed by atoms with Gasteiger partial charge in [-0.15, -0.1) is 0 Å². The predicted octanol–water partition coefficient (Wildman–Crippen LogP) is 3.25. The molecule has 1 N–H and O–H groups in total. The molecule has 0 atom stereocenters. The van der Waals surface area contributed by atoms with Gasteiger partial charge >= 0.3 is 0 Å². The van der Waals surface area contributed by atoms with Crippen molar-refractivity contribution in [1.82, 2.24) is 10.1 Å². The molecular weight excluding hydrogens is 247 g/mol. The van der Waals surface area contributed by atoms with Gasteiger partial charge in [0.2, 0.25) is 5.82 Å². The molecule has 1 heterocycles. The molecule has 3 rings (SSSR count). The number of phenolic OH excluding ortho intramolecular Hbond substituents is 1. The first kappa shape index (κ1) is 11.4. The second-order valence-corrected chi connectivity index (χ2v) is 3.98. The van der Waals surface area contributed by atoms with E-state index in [1.165, 1.54) is 24.3 Å². The third-order valence-corrected chi connectivity index (χ3v) is 2.62. The number of rotatable bonds is 2. The number of aromatic hydroxyl groups is 1. The van der Waals surface area contributed by atoms with Crippen LogP contribution in [0.15, 0.2) is 53.1 Å². The summed E-state index contributed by atoms with van der Waals surface area (Å²) in [7, 11) is 0. The predicted molar refractivity (Wildman–Crippen MR) is 66.8 cm³/mol. The molecule has 0 saturated heterocycles. The van der Waals surface area contributed by atoms with Crippen molar-refractivity contribution in [2.75, 3.05) is 0 Å². The monoisotopic (exact) mass is 256 g/mol. The van der Waals surface area contributed by atoms with Crippen molar-refractivity contribution in [3.8, 4) is 28.6 Å². The van der Waals surface area contributed by atoms with Crippen molar-refractivity contribution in [3.63, 3.8) is 0 Å². The highest BCUT2D eigenvalue weighted by atomic mass is 19.1. The minimum atomic E-state index is -0.353. The van der Waals surface area contributed by atoms with E-state index < -0.39 is 0 Å². The fourth-order valence-corrected chi connectivity index (χ4v) is 1.69. The van der Waals surface area contributed by atoms with Gasteiger partial charge in [0, 0.05) is 11.1 Å². The van der Waals surface area contributed by atoms with Gasteiger partial charge in [0.15, 0.2) is 0 Å². The summed E-state index contributed by atoms with van der Waals surface area (Å²) in [4.78, 5) is 4.20. The van der Waals surface area contributed by atoms with Crippen LogP contribution in [0.3, 0.4) is 0 Å². The molecule has 0 aliphatic carbocycles. The normalized spacial score (nSPS) is 10.6. The number of benzene rings is 2. The van der Waals surface area contributed by atoms with Crippen molar-refractivity contribution in [2.45, 2.75) is 0 Å². The van der Waals surface area contributed by atoms with Crippen LogP contribution in [0.1, 0.15) is 0 Å². The van der Waals surface area contributed by atoms with Crippen LogP contribution in [0.5, 0.6) is 5.75 Å². The fourth-order valence-electron chi connectivity index (χ4n) is 1.69. The molecule has 0 saturated carbocycles. The van der Waals surface area contributed by atoms with E-state index in [4.69, 9.17) is 4.52 Å². The van der Waals surface area contributed by atoms with Gasteiger partial charge in [0.1, 0.15) is 11.6 Å². The van der Waals surface area contributed by atoms with Crippen molar-refractivity contribution in [1.29, 1.82) is 0 Å². The quantitative estimate of drug-likeness (QED) is 0.764.